The van der Waals surface area contributed by atoms with Gasteiger partial charge in [-0.15, -0.1) is 10.2 Å². The maximum Gasteiger partial charge on any atom is 0.267 e. The van der Waals surface area contributed by atoms with E-state index in [1.165, 1.54) is 39.6 Å². The van der Waals surface area contributed by atoms with Gasteiger partial charge in [0.1, 0.15) is 22.6 Å². The predicted octanol–water partition coefficient (Wildman–Crippen LogP) is 5.17. The average Bonchev–Trinajstić information content (AvgIpc) is 3.40. The molecule has 6 rings (SSSR count). The monoisotopic (exact) mass is 561 g/mol. The summed E-state index contributed by atoms with van der Waals surface area (Å²) in [4.78, 5) is 31.6. The fraction of sp³-hybridized carbons (Fsp3) is 0.259. The number of halogens is 1. The molecule has 2 N–H and O–H groups in total. The molecular formula is C27H24FN7O2S2. The second-order valence-corrected chi connectivity index (χ2v) is 11.6. The van der Waals surface area contributed by atoms with Crippen molar-refractivity contribution in [1.82, 2.24) is 24.1 Å². The van der Waals surface area contributed by atoms with E-state index in [-0.39, 0.29) is 39.0 Å². The lowest BCUT2D eigenvalue weighted by atomic mass is 9.94. The van der Waals surface area contributed by atoms with E-state index in [0.29, 0.717) is 27.0 Å². The van der Waals surface area contributed by atoms with Crippen LogP contribution in [0.15, 0.2) is 63.9 Å². The number of nitrogens with zero attached hydrogens (tertiary/aromatic N) is 5. The number of nitrogens with one attached hydrogen (secondary N) is 2. The smallest absolute Gasteiger partial charge is 0.267 e. The van der Waals surface area contributed by atoms with Crippen LogP contribution < -0.4 is 16.4 Å². The molecule has 1 saturated carbocycles. The number of anilines is 1. The Hall–Kier alpha value is -3.90. The summed E-state index contributed by atoms with van der Waals surface area (Å²) in [6.07, 6.45) is 6.50. The number of benzene rings is 1. The molecule has 0 aliphatic heterocycles. The van der Waals surface area contributed by atoms with E-state index >= 15 is 0 Å². The number of hydrogen-bond donors (Lipinski definition) is 2. The van der Waals surface area contributed by atoms with Gasteiger partial charge in [0.25, 0.3) is 11.5 Å². The Balaban J connectivity index is 1.35. The molecule has 4 aromatic heterocycles. The van der Waals surface area contributed by atoms with Crippen molar-refractivity contribution in [3.8, 4) is 0 Å². The molecule has 5 aromatic rings. The van der Waals surface area contributed by atoms with E-state index in [1.807, 2.05) is 6.07 Å². The third-order valence-electron chi connectivity index (χ3n) is 6.88. The third-order valence-corrected chi connectivity index (χ3v) is 8.90. The largest absolute Gasteiger partial charge is 0.307 e. The molecule has 4 heterocycles. The number of carbonyl (C=O) groups excluding carboxylic acids is 1. The molecule has 0 spiro atoms. The molecule has 1 aliphatic rings. The topological polar surface area (TPSA) is 118 Å². The van der Waals surface area contributed by atoms with Crippen molar-refractivity contribution in [2.75, 3.05) is 5.32 Å². The zero-order valence-electron chi connectivity index (χ0n) is 20.8. The highest BCUT2D eigenvalue weighted by Gasteiger charge is 2.24. The zero-order valence-corrected chi connectivity index (χ0v) is 22.4. The summed E-state index contributed by atoms with van der Waals surface area (Å²) in [5, 5.41) is 20.4. The lowest BCUT2D eigenvalue weighted by molar-refractivity contribution is 0.102. The number of carbonyl (C=O) groups is 1. The normalized spacial score (nSPS) is 14.2. The Bertz CT molecular complexity index is 1830. The Morgan fingerprint density at radius 2 is 1.92 bits per heavy atom. The first-order chi connectivity index (χ1) is 19.0. The van der Waals surface area contributed by atoms with Gasteiger partial charge in [-0.05, 0) is 42.7 Å². The van der Waals surface area contributed by atoms with Crippen molar-refractivity contribution in [3.63, 3.8) is 0 Å². The molecule has 0 radical (unpaired) electrons. The van der Waals surface area contributed by atoms with Gasteiger partial charge in [-0.1, -0.05) is 66.6 Å². The van der Waals surface area contributed by atoms with E-state index < -0.39 is 5.91 Å². The molecule has 1 amide bonds. The molecule has 1 fully saturated rings. The van der Waals surface area contributed by atoms with Crippen LogP contribution in [0.4, 0.5) is 9.52 Å². The van der Waals surface area contributed by atoms with E-state index in [0.717, 1.165) is 32.1 Å². The molecule has 39 heavy (non-hydrogen) atoms. The second-order valence-electron chi connectivity index (χ2n) is 9.36. The van der Waals surface area contributed by atoms with Crippen LogP contribution in [0, 0.1) is 11.2 Å². The molecule has 12 heteroatoms. The van der Waals surface area contributed by atoms with Gasteiger partial charge in [-0.25, -0.2) is 9.37 Å². The SMILES string of the molecule is N=c1c(C(=O)Nc2nnc(SCc3ccccc3F)s2)cc2c(=O)n3ccccc3nc2n1C1CCCCC1. The van der Waals surface area contributed by atoms with E-state index in [9.17, 15) is 14.0 Å². The lowest BCUT2D eigenvalue weighted by Gasteiger charge is -2.26. The Morgan fingerprint density at radius 1 is 1.13 bits per heavy atom. The molecular weight excluding hydrogens is 537 g/mol. The fourth-order valence-electron chi connectivity index (χ4n) is 4.96. The lowest BCUT2D eigenvalue weighted by Crippen LogP contribution is -2.35. The van der Waals surface area contributed by atoms with Gasteiger partial charge in [0.05, 0.1) is 10.9 Å². The average molecular weight is 562 g/mol. The molecule has 1 aliphatic carbocycles. The van der Waals surface area contributed by atoms with Gasteiger partial charge in [-0.3, -0.25) is 24.7 Å². The van der Waals surface area contributed by atoms with Crippen LogP contribution in [-0.4, -0.2) is 30.1 Å². The van der Waals surface area contributed by atoms with Crippen LogP contribution in [0.25, 0.3) is 16.7 Å². The van der Waals surface area contributed by atoms with Crippen LogP contribution in [0.3, 0.4) is 0 Å². The summed E-state index contributed by atoms with van der Waals surface area (Å²) in [7, 11) is 0. The summed E-state index contributed by atoms with van der Waals surface area (Å²) in [5.74, 6) is -0.458. The van der Waals surface area contributed by atoms with Crippen molar-refractivity contribution in [3.05, 3.63) is 87.5 Å². The molecule has 0 bridgehead atoms. The summed E-state index contributed by atoms with van der Waals surface area (Å²) < 4.78 is 17.7. The fourth-order valence-corrected chi connectivity index (χ4v) is 6.69. The quantitative estimate of drug-likeness (QED) is 0.168. The Morgan fingerprint density at radius 3 is 2.74 bits per heavy atom. The van der Waals surface area contributed by atoms with E-state index in [2.05, 4.69) is 15.5 Å². The summed E-state index contributed by atoms with van der Waals surface area (Å²) in [5.41, 5.74) is 1.25. The van der Waals surface area contributed by atoms with Gasteiger partial charge in [-0.2, -0.15) is 0 Å². The van der Waals surface area contributed by atoms with Crippen molar-refractivity contribution >= 4 is 50.8 Å². The van der Waals surface area contributed by atoms with E-state index in [4.69, 9.17) is 10.4 Å². The van der Waals surface area contributed by atoms with Crippen LogP contribution in [0.2, 0.25) is 0 Å². The number of thioether (sulfide) groups is 1. The number of rotatable bonds is 6. The molecule has 9 nitrogen and oxygen atoms in total. The van der Waals surface area contributed by atoms with Crippen LogP contribution in [-0.2, 0) is 5.75 Å². The van der Waals surface area contributed by atoms with E-state index in [1.54, 1.807) is 41.1 Å². The Labute approximate surface area is 230 Å². The number of amides is 1. The third kappa shape index (κ3) is 4.97. The maximum atomic E-state index is 13.9. The van der Waals surface area contributed by atoms with Crippen LogP contribution in [0.5, 0.6) is 0 Å². The van der Waals surface area contributed by atoms with Crippen molar-refractivity contribution in [1.29, 1.82) is 5.41 Å². The minimum atomic E-state index is -0.550. The van der Waals surface area contributed by atoms with Gasteiger partial charge in [0, 0.05) is 18.0 Å². The molecule has 0 saturated heterocycles. The highest BCUT2D eigenvalue weighted by atomic mass is 32.2. The first kappa shape index (κ1) is 25.4. The summed E-state index contributed by atoms with van der Waals surface area (Å²) >= 11 is 2.49. The standard InChI is InChI=1S/C27H24FN7O2S2/c28-20-11-5-4-8-16(20)15-38-27-33-32-26(39-27)31-24(36)18-14-19-23(30-21-12-6-7-13-34(21)25(19)37)35(22(18)29)17-9-2-1-3-10-17/h4-8,11-14,17,29H,1-3,9-10,15H2,(H,31,32,36). The van der Waals surface area contributed by atoms with Crippen molar-refractivity contribution < 1.29 is 9.18 Å². The first-order valence-corrected chi connectivity index (χ1v) is 14.4. The highest BCUT2D eigenvalue weighted by Crippen LogP contribution is 2.31. The predicted molar refractivity (Wildman–Crippen MR) is 149 cm³/mol. The van der Waals surface area contributed by atoms with Crippen LogP contribution in [0.1, 0.15) is 54.1 Å². The number of hydrogen-bond acceptors (Lipinski definition) is 8. The molecule has 1 aromatic carbocycles. The maximum absolute atomic E-state index is 13.9. The number of pyridine rings is 2. The zero-order chi connectivity index (χ0) is 26.9. The van der Waals surface area contributed by atoms with Crippen LogP contribution >= 0.6 is 23.1 Å². The van der Waals surface area contributed by atoms with Gasteiger partial charge >= 0.3 is 0 Å². The van der Waals surface area contributed by atoms with Gasteiger partial charge in [0.2, 0.25) is 5.13 Å². The molecule has 198 valence electrons. The molecule has 0 unspecified atom stereocenters. The molecule has 0 atom stereocenters. The van der Waals surface area contributed by atoms with Crippen molar-refractivity contribution in [2.45, 2.75) is 48.2 Å². The highest BCUT2D eigenvalue weighted by molar-refractivity contribution is 8.00. The second kappa shape index (κ2) is 10.7. The number of aromatic nitrogens is 5. The first-order valence-electron chi connectivity index (χ1n) is 12.6. The van der Waals surface area contributed by atoms with Gasteiger partial charge < -0.3 is 4.57 Å². The number of fused-ring (bicyclic) bond motifs is 2. The summed E-state index contributed by atoms with van der Waals surface area (Å²) in [6.45, 7) is 0. The Kier molecular flexibility index (Phi) is 6.96. The minimum Gasteiger partial charge on any atom is -0.307 e. The van der Waals surface area contributed by atoms with Crippen molar-refractivity contribution in [2.24, 2.45) is 0 Å². The summed E-state index contributed by atoms with van der Waals surface area (Å²) in [6, 6.07) is 13.3. The van der Waals surface area contributed by atoms with Gasteiger partial charge in [0.15, 0.2) is 4.34 Å². The minimum absolute atomic E-state index is 0.0118.